The SMILES string of the molecule is CCCOc1c2cc(-c3cc(OC)cc(OC)c3)cc1Sc1cc(-c3cc(OC)cc(OC)c3)cc(c1OCCC)Sc1cc(-c3cc(OC)cc(OC)c3)cc(c1OCCC)Sc1cc(-c3cc(OC)cc(OC)c3)cc(c1OCCC)S2. The van der Waals surface area contributed by atoms with Crippen molar-refractivity contribution in [2.75, 3.05) is 83.3 Å². The van der Waals surface area contributed by atoms with E-state index < -0.39 is 0 Å². The van der Waals surface area contributed by atoms with Crippen LogP contribution in [0.25, 0.3) is 44.5 Å². The number of rotatable bonds is 24. The summed E-state index contributed by atoms with van der Waals surface area (Å²) in [4.78, 5) is 6.87. The van der Waals surface area contributed by atoms with Gasteiger partial charge in [-0.05, 0) is 167 Å². The number of hydrogen-bond acceptors (Lipinski definition) is 16. The summed E-state index contributed by atoms with van der Waals surface area (Å²) in [6, 6.07) is 41.3. The lowest BCUT2D eigenvalue weighted by atomic mass is 10.0. The van der Waals surface area contributed by atoms with Crippen molar-refractivity contribution < 1.29 is 56.8 Å². The van der Waals surface area contributed by atoms with E-state index in [1.807, 2.05) is 72.8 Å². The van der Waals surface area contributed by atoms with Crippen molar-refractivity contribution in [2.45, 2.75) is 92.5 Å². The van der Waals surface area contributed by atoms with Gasteiger partial charge in [0.25, 0.3) is 0 Å². The van der Waals surface area contributed by atoms with Gasteiger partial charge in [0.2, 0.25) is 0 Å². The fourth-order valence-electron chi connectivity index (χ4n) is 9.34. The lowest BCUT2D eigenvalue weighted by molar-refractivity contribution is 0.299. The van der Waals surface area contributed by atoms with Crippen LogP contribution in [-0.4, -0.2) is 83.3 Å². The molecule has 16 heteroatoms. The molecule has 0 N–H and O–H groups in total. The van der Waals surface area contributed by atoms with Crippen molar-refractivity contribution in [3.63, 3.8) is 0 Å². The average Bonchev–Trinajstić information content (AvgIpc) is 3.65. The molecule has 0 aliphatic carbocycles. The second kappa shape index (κ2) is 29.0. The number of hydrogen-bond donors (Lipinski definition) is 0. The highest BCUT2D eigenvalue weighted by molar-refractivity contribution is 8.01. The quantitative estimate of drug-likeness (QED) is 0.0572. The summed E-state index contributed by atoms with van der Waals surface area (Å²) in [5.41, 5.74) is 7.21. The molecule has 1 aliphatic heterocycles. The predicted molar refractivity (Wildman–Crippen MR) is 340 cm³/mol. The van der Waals surface area contributed by atoms with E-state index in [2.05, 4.69) is 76.2 Å². The van der Waals surface area contributed by atoms with E-state index >= 15 is 0 Å². The lowest BCUT2D eigenvalue weighted by Gasteiger charge is -2.24. The highest BCUT2D eigenvalue weighted by Gasteiger charge is 2.28. The second-order valence-corrected chi connectivity index (χ2v) is 23.7. The van der Waals surface area contributed by atoms with Crippen LogP contribution in [0.2, 0.25) is 0 Å². The molecule has 0 amide bonds. The molecule has 84 heavy (non-hydrogen) atoms. The summed E-state index contributed by atoms with van der Waals surface area (Å²) in [6.07, 6.45) is 3.08. The fourth-order valence-corrected chi connectivity index (χ4v) is 14.1. The van der Waals surface area contributed by atoms with E-state index in [1.54, 1.807) is 104 Å². The topological polar surface area (TPSA) is 111 Å². The van der Waals surface area contributed by atoms with E-state index in [1.165, 1.54) is 0 Å². The van der Waals surface area contributed by atoms with Crippen LogP contribution in [0.15, 0.2) is 160 Å². The molecular weight excluding hydrogens is 1140 g/mol. The molecule has 0 unspecified atom stereocenters. The van der Waals surface area contributed by atoms with Gasteiger partial charge in [-0.3, -0.25) is 0 Å². The van der Waals surface area contributed by atoms with Gasteiger partial charge in [0.1, 0.15) is 69.0 Å². The summed E-state index contributed by atoms with van der Waals surface area (Å²) in [7, 11) is 13.3. The van der Waals surface area contributed by atoms with Crippen LogP contribution in [0.4, 0.5) is 0 Å². The molecule has 1 heterocycles. The van der Waals surface area contributed by atoms with E-state index in [9.17, 15) is 0 Å². The third-order valence-corrected chi connectivity index (χ3v) is 17.7. The summed E-state index contributed by atoms with van der Waals surface area (Å²) in [5, 5.41) is 0. The van der Waals surface area contributed by atoms with E-state index in [0.29, 0.717) is 95.4 Å². The maximum absolute atomic E-state index is 7.07. The molecule has 0 saturated heterocycles. The molecular formula is C68H72O12S4. The van der Waals surface area contributed by atoms with Gasteiger partial charge in [-0.15, -0.1) is 0 Å². The molecule has 0 radical (unpaired) electrons. The van der Waals surface area contributed by atoms with Gasteiger partial charge < -0.3 is 56.8 Å². The molecule has 1 aliphatic rings. The Morgan fingerprint density at radius 1 is 0.214 bits per heavy atom. The number of fused-ring (bicyclic) bond motifs is 8. The molecule has 12 nitrogen and oxygen atoms in total. The second-order valence-electron chi connectivity index (χ2n) is 19.4. The van der Waals surface area contributed by atoms with Crippen LogP contribution < -0.4 is 56.8 Å². The maximum Gasteiger partial charge on any atom is 0.147 e. The van der Waals surface area contributed by atoms with Crippen LogP contribution in [-0.2, 0) is 0 Å². The van der Waals surface area contributed by atoms with Crippen molar-refractivity contribution in [3.8, 4) is 114 Å². The van der Waals surface area contributed by atoms with Crippen LogP contribution >= 0.6 is 47.0 Å². The van der Waals surface area contributed by atoms with Crippen molar-refractivity contribution in [3.05, 3.63) is 121 Å². The predicted octanol–water partition coefficient (Wildman–Crippen LogP) is 18.5. The summed E-state index contributed by atoms with van der Waals surface area (Å²) in [6.45, 7) is 10.3. The molecule has 0 atom stereocenters. The Balaban J connectivity index is 1.46. The van der Waals surface area contributed by atoms with Crippen LogP contribution in [0.3, 0.4) is 0 Å². The van der Waals surface area contributed by atoms with Gasteiger partial charge in [0.15, 0.2) is 0 Å². The Bertz CT molecular complexity index is 2960. The van der Waals surface area contributed by atoms with E-state index in [0.717, 1.165) is 109 Å². The molecule has 8 bridgehead atoms. The van der Waals surface area contributed by atoms with Crippen molar-refractivity contribution in [1.82, 2.24) is 0 Å². The molecule has 8 aromatic carbocycles. The molecule has 8 aromatic rings. The van der Waals surface area contributed by atoms with Gasteiger partial charge in [0.05, 0.1) is 122 Å². The highest BCUT2D eigenvalue weighted by Crippen LogP contribution is 2.57. The van der Waals surface area contributed by atoms with Gasteiger partial charge in [-0.25, -0.2) is 0 Å². The minimum Gasteiger partial charge on any atom is -0.497 e. The Morgan fingerprint density at radius 2 is 0.357 bits per heavy atom. The third kappa shape index (κ3) is 14.3. The largest absolute Gasteiger partial charge is 0.497 e. The number of methoxy groups -OCH3 is 8. The first-order valence-electron chi connectivity index (χ1n) is 27.9. The third-order valence-electron chi connectivity index (χ3n) is 13.5. The zero-order chi connectivity index (χ0) is 59.3. The summed E-state index contributed by atoms with van der Waals surface area (Å²) < 4.78 is 75.4. The van der Waals surface area contributed by atoms with Gasteiger partial charge in [-0.1, -0.05) is 74.7 Å². The first kappa shape index (κ1) is 61.3. The van der Waals surface area contributed by atoms with Crippen molar-refractivity contribution in [1.29, 1.82) is 0 Å². The van der Waals surface area contributed by atoms with E-state index in [-0.39, 0.29) is 0 Å². The van der Waals surface area contributed by atoms with Gasteiger partial charge in [-0.2, -0.15) is 0 Å². The Morgan fingerprint density at radius 3 is 0.488 bits per heavy atom. The zero-order valence-corrected chi connectivity index (χ0v) is 53.0. The van der Waals surface area contributed by atoms with Gasteiger partial charge >= 0.3 is 0 Å². The van der Waals surface area contributed by atoms with Gasteiger partial charge in [0, 0.05) is 24.3 Å². The number of ether oxygens (including phenoxy) is 12. The van der Waals surface area contributed by atoms with Crippen LogP contribution in [0.1, 0.15) is 53.4 Å². The van der Waals surface area contributed by atoms with E-state index in [4.69, 9.17) is 56.8 Å². The smallest absolute Gasteiger partial charge is 0.147 e. The van der Waals surface area contributed by atoms with Crippen molar-refractivity contribution >= 4 is 47.0 Å². The van der Waals surface area contributed by atoms with Crippen LogP contribution in [0, 0.1) is 0 Å². The normalized spacial score (nSPS) is 11.8. The summed E-state index contributed by atoms with van der Waals surface area (Å²) >= 11 is 6.37. The molecule has 0 saturated carbocycles. The highest BCUT2D eigenvalue weighted by atomic mass is 32.2. The maximum atomic E-state index is 7.07. The molecule has 0 aromatic heterocycles. The summed E-state index contributed by atoms with van der Waals surface area (Å²) in [5.74, 6) is 8.11. The molecule has 0 spiro atoms. The minimum atomic E-state index is 0.456. The standard InChI is InChI=1S/C68H72O12S4/c1-13-17-77-65-57-29-45(41-21-49(69-5)37-50(22-41)70-6)30-58(65)82-60-32-47(43-25-53(73-9)39-54(26-43)74-10)34-62(67(60)79-19-15-3)84-64-36-48(44-27-55(75-11)40-56(28-44)76-12)35-63(68(64)80-20-16-4)83-61-33-46(31-59(81-57)66(61)78-18-14-2)42-23-51(71-7)38-52(24-42)72-8/h21-40H,13-20H2,1-12H3. The minimum absolute atomic E-state index is 0.456. The number of benzene rings is 8. The Labute approximate surface area is 511 Å². The Kier molecular flexibility index (Phi) is 21.2. The average molecular weight is 1210 g/mol. The monoisotopic (exact) mass is 1210 g/mol. The van der Waals surface area contributed by atoms with Crippen LogP contribution in [0.5, 0.6) is 69.0 Å². The van der Waals surface area contributed by atoms with Crippen molar-refractivity contribution in [2.24, 2.45) is 0 Å². The Hall–Kier alpha value is -7.24. The molecule has 9 rings (SSSR count). The first-order chi connectivity index (χ1) is 41.0. The molecule has 440 valence electrons. The first-order valence-corrected chi connectivity index (χ1v) is 31.1. The fraction of sp³-hybridized carbons (Fsp3) is 0.294. The zero-order valence-electron chi connectivity index (χ0n) is 49.7. The lowest BCUT2D eigenvalue weighted by Crippen LogP contribution is -2.03. The molecule has 0 fully saturated rings.